The van der Waals surface area contributed by atoms with Gasteiger partial charge in [0, 0.05) is 43.1 Å². The zero-order valence-electron chi connectivity index (χ0n) is 16.3. The minimum absolute atomic E-state index is 0.0355. The van der Waals surface area contributed by atoms with Crippen molar-refractivity contribution >= 4 is 44.2 Å². The summed E-state index contributed by atoms with van der Waals surface area (Å²) in [5.41, 5.74) is 0.936. The van der Waals surface area contributed by atoms with Crippen molar-refractivity contribution in [2.24, 2.45) is 5.92 Å². The zero-order valence-corrected chi connectivity index (χ0v) is 18.7. The van der Waals surface area contributed by atoms with E-state index < -0.39 is 0 Å². The number of halogens is 1. The van der Waals surface area contributed by atoms with Gasteiger partial charge in [-0.25, -0.2) is 0 Å². The van der Waals surface area contributed by atoms with Crippen molar-refractivity contribution < 1.29 is 14.3 Å². The first-order valence-electron chi connectivity index (χ1n) is 9.05. The number of carbonyl (C=O) groups excluding carboxylic acids is 2. The van der Waals surface area contributed by atoms with Gasteiger partial charge in [0.15, 0.2) is 0 Å². The second-order valence-corrected chi connectivity index (χ2v) is 8.58. The summed E-state index contributed by atoms with van der Waals surface area (Å²) in [6.45, 7) is 5.26. The van der Waals surface area contributed by atoms with Crippen molar-refractivity contribution in [1.82, 2.24) is 15.1 Å². The lowest BCUT2D eigenvalue weighted by molar-refractivity contribution is -0.133. The fraction of sp³-hybridized carbons (Fsp3) is 0.474. The van der Waals surface area contributed by atoms with Crippen molar-refractivity contribution in [1.29, 1.82) is 0 Å². The maximum absolute atomic E-state index is 12.3. The summed E-state index contributed by atoms with van der Waals surface area (Å²) in [6.07, 6.45) is 0.652. The number of ether oxygens (including phenoxy) is 1. The quantitative estimate of drug-likeness (QED) is 0.572. The van der Waals surface area contributed by atoms with Crippen LogP contribution in [-0.2, 0) is 14.3 Å². The van der Waals surface area contributed by atoms with E-state index in [2.05, 4.69) is 31.4 Å². The summed E-state index contributed by atoms with van der Waals surface area (Å²) in [5.74, 6) is 0.108. The molecule has 7 nitrogen and oxygen atoms in total. The minimum Gasteiger partial charge on any atom is -0.383 e. The van der Waals surface area contributed by atoms with Gasteiger partial charge in [0.2, 0.25) is 16.9 Å². The number of rotatable bonds is 10. The molecule has 0 aliphatic heterocycles. The molecule has 1 heterocycles. The lowest BCUT2D eigenvalue weighted by Gasteiger charge is -2.23. The number of hydrogen-bond donors (Lipinski definition) is 1. The van der Waals surface area contributed by atoms with Gasteiger partial charge in [0.25, 0.3) is 0 Å². The second-order valence-electron chi connectivity index (χ2n) is 6.69. The highest BCUT2D eigenvalue weighted by Gasteiger charge is 2.17. The van der Waals surface area contributed by atoms with Gasteiger partial charge < -0.3 is 15.0 Å². The van der Waals surface area contributed by atoms with Gasteiger partial charge in [-0.2, -0.15) is 0 Å². The first-order chi connectivity index (χ1) is 13.4. The molecule has 1 aromatic heterocycles. The molecule has 2 aromatic rings. The number of methoxy groups -OCH3 is 1. The molecule has 0 saturated carbocycles. The largest absolute Gasteiger partial charge is 0.383 e. The van der Waals surface area contributed by atoms with Crippen LogP contribution in [0, 0.1) is 5.92 Å². The van der Waals surface area contributed by atoms with Gasteiger partial charge in [-0.05, 0) is 18.1 Å². The van der Waals surface area contributed by atoms with Crippen LogP contribution < -0.4 is 5.32 Å². The molecule has 0 aliphatic carbocycles. The standard InChI is InChI=1S/C19H25BrN4O3S/c1-13(2)12-17(26)24(10-11-27-3)9-8-16(25)21-19-23-22-18(28-19)14-4-6-15(20)7-5-14/h4-7,13H,8-12H2,1-3H3,(H,21,23,25). The molecular formula is C19H25BrN4O3S. The third-order valence-corrected chi connectivity index (χ3v) is 5.29. The average molecular weight is 469 g/mol. The Bertz CT molecular complexity index is 780. The number of amides is 2. The van der Waals surface area contributed by atoms with Gasteiger partial charge in [-0.15, -0.1) is 10.2 Å². The van der Waals surface area contributed by atoms with Gasteiger partial charge in [0.1, 0.15) is 5.01 Å². The Morgan fingerprint density at radius 3 is 2.57 bits per heavy atom. The minimum atomic E-state index is -0.196. The summed E-state index contributed by atoms with van der Waals surface area (Å²) in [6, 6.07) is 7.73. The van der Waals surface area contributed by atoms with Crippen LogP contribution in [0.25, 0.3) is 10.6 Å². The van der Waals surface area contributed by atoms with Crippen LogP contribution >= 0.6 is 27.3 Å². The molecule has 0 bridgehead atoms. The molecule has 2 rings (SSSR count). The molecule has 0 aliphatic rings. The monoisotopic (exact) mass is 468 g/mol. The van der Waals surface area contributed by atoms with Crippen LogP contribution in [0.4, 0.5) is 5.13 Å². The average Bonchev–Trinajstić information content (AvgIpc) is 3.10. The van der Waals surface area contributed by atoms with Gasteiger partial charge in [-0.3, -0.25) is 9.59 Å². The summed E-state index contributed by atoms with van der Waals surface area (Å²) >= 11 is 4.71. The lowest BCUT2D eigenvalue weighted by Crippen LogP contribution is -2.36. The van der Waals surface area contributed by atoms with Crippen LogP contribution in [0.5, 0.6) is 0 Å². The highest BCUT2D eigenvalue weighted by atomic mass is 79.9. The van der Waals surface area contributed by atoms with E-state index in [-0.39, 0.29) is 24.2 Å². The Balaban J connectivity index is 1.89. The Morgan fingerprint density at radius 1 is 1.21 bits per heavy atom. The number of carbonyl (C=O) groups is 2. The summed E-state index contributed by atoms with van der Waals surface area (Å²) < 4.78 is 6.05. The van der Waals surface area contributed by atoms with Crippen molar-refractivity contribution in [2.75, 3.05) is 32.1 Å². The molecule has 0 unspecified atom stereocenters. The molecule has 0 fully saturated rings. The number of hydrogen-bond acceptors (Lipinski definition) is 6. The van der Waals surface area contributed by atoms with E-state index in [1.807, 2.05) is 38.1 Å². The number of aromatic nitrogens is 2. The first kappa shape index (κ1) is 22.4. The number of nitrogens with zero attached hydrogens (tertiary/aromatic N) is 3. The molecule has 2 amide bonds. The molecule has 0 saturated heterocycles. The lowest BCUT2D eigenvalue weighted by atomic mass is 10.1. The molecule has 0 radical (unpaired) electrons. The van der Waals surface area contributed by atoms with Gasteiger partial charge >= 0.3 is 0 Å². The van der Waals surface area contributed by atoms with E-state index in [0.717, 1.165) is 15.0 Å². The van der Waals surface area contributed by atoms with E-state index in [0.29, 0.717) is 31.2 Å². The first-order valence-corrected chi connectivity index (χ1v) is 10.7. The van der Waals surface area contributed by atoms with Crippen molar-refractivity contribution in [3.63, 3.8) is 0 Å². The highest BCUT2D eigenvalue weighted by Crippen LogP contribution is 2.27. The second kappa shape index (κ2) is 11.2. The van der Waals surface area contributed by atoms with Gasteiger partial charge in [0.05, 0.1) is 6.61 Å². The fourth-order valence-corrected chi connectivity index (χ4v) is 3.47. The third-order valence-electron chi connectivity index (χ3n) is 3.87. The Kier molecular flexibility index (Phi) is 9.01. The van der Waals surface area contributed by atoms with E-state index in [1.165, 1.54) is 11.3 Å². The molecule has 9 heteroatoms. The van der Waals surface area contributed by atoms with Gasteiger partial charge in [-0.1, -0.05) is 53.2 Å². The number of nitrogens with one attached hydrogen (secondary N) is 1. The Labute approximate surface area is 177 Å². The molecule has 28 heavy (non-hydrogen) atoms. The van der Waals surface area contributed by atoms with Crippen molar-refractivity contribution in [2.45, 2.75) is 26.7 Å². The topological polar surface area (TPSA) is 84.4 Å². The van der Waals surface area contributed by atoms with Crippen LogP contribution in [-0.4, -0.2) is 53.7 Å². The predicted molar refractivity (Wildman–Crippen MR) is 114 cm³/mol. The maximum Gasteiger partial charge on any atom is 0.227 e. The van der Waals surface area contributed by atoms with Crippen LogP contribution in [0.1, 0.15) is 26.7 Å². The smallest absolute Gasteiger partial charge is 0.227 e. The molecule has 1 N–H and O–H groups in total. The molecular weight excluding hydrogens is 444 g/mol. The molecule has 0 atom stereocenters. The summed E-state index contributed by atoms with van der Waals surface area (Å²) in [5, 5.41) is 12.1. The molecule has 152 valence electrons. The van der Waals surface area contributed by atoms with Crippen molar-refractivity contribution in [3.8, 4) is 10.6 Å². The van der Waals surface area contributed by atoms with E-state index in [9.17, 15) is 9.59 Å². The normalized spacial score (nSPS) is 10.9. The number of benzene rings is 1. The zero-order chi connectivity index (χ0) is 20.5. The predicted octanol–water partition coefficient (Wildman–Crippen LogP) is 3.82. The Morgan fingerprint density at radius 2 is 1.93 bits per heavy atom. The van der Waals surface area contributed by atoms with E-state index in [1.54, 1.807) is 12.0 Å². The molecule has 0 spiro atoms. The SMILES string of the molecule is COCCN(CCC(=O)Nc1nnc(-c2ccc(Br)cc2)s1)C(=O)CC(C)C. The maximum atomic E-state index is 12.3. The third kappa shape index (κ3) is 7.29. The summed E-state index contributed by atoms with van der Waals surface area (Å²) in [4.78, 5) is 26.3. The van der Waals surface area contributed by atoms with Crippen LogP contribution in [0.3, 0.4) is 0 Å². The van der Waals surface area contributed by atoms with E-state index in [4.69, 9.17) is 4.74 Å². The van der Waals surface area contributed by atoms with Crippen LogP contribution in [0.15, 0.2) is 28.7 Å². The highest BCUT2D eigenvalue weighted by molar-refractivity contribution is 9.10. The fourth-order valence-electron chi connectivity index (χ4n) is 2.44. The van der Waals surface area contributed by atoms with Crippen LogP contribution in [0.2, 0.25) is 0 Å². The summed E-state index contributed by atoms with van der Waals surface area (Å²) in [7, 11) is 1.59. The number of anilines is 1. The van der Waals surface area contributed by atoms with Crippen molar-refractivity contribution in [3.05, 3.63) is 28.7 Å². The molecule has 1 aromatic carbocycles. The Hall–Kier alpha value is -1.84. The van der Waals surface area contributed by atoms with E-state index >= 15 is 0 Å².